The molecule has 2 aromatic rings. The van der Waals surface area contributed by atoms with Gasteiger partial charge in [0.2, 0.25) is 0 Å². The molecule has 3 heterocycles. The van der Waals surface area contributed by atoms with Crippen molar-refractivity contribution in [3.05, 3.63) is 48.5 Å². The van der Waals surface area contributed by atoms with Crippen molar-refractivity contribution in [1.82, 2.24) is 9.88 Å². The van der Waals surface area contributed by atoms with E-state index in [4.69, 9.17) is 0 Å². The SMILES string of the molecule is Cl.Cl.Fc1ccccc1-c1cncc(N2CCN3CCC2C3)c1. The van der Waals surface area contributed by atoms with Crippen LogP contribution in [0.3, 0.4) is 0 Å². The van der Waals surface area contributed by atoms with Crippen molar-refractivity contribution >= 4 is 30.5 Å². The third kappa shape index (κ3) is 3.44. The maximum Gasteiger partial charge on any atom is 0.131 e. The topological polar surface area (TPSA) is 19.4 Å². The molecule has 2 unspecified atom stereocenters. The van der Waals surface area contributed by atoms with Gasteiger partial charge in [-0.3, -0.25) is 9.88 Å². The van der Waals surface area contributed by atoms with E-state index < -0.39 is 0 Å². The van der Waals surface area contributed by atoms with Crippen molar-refractivity contribution in [3.8, 4) is 11.1 Å². The van der Waals surface area contributed by atoms with Crippen LogP contribution in [0.2, 0.25) is 0 Å². The predicted molar refractivity (Wildman–Crippen MR) is 96.3 cm³/mol. The fourth-order valence-corrected chi connectivity index (χ4v) is 3.47. The number of piperazine rings is 1. The number of anilines is 1. The molecule has 2 bridgehead atoms. The number of rotatable bonds is 2. The number of nitrogens with zero attached hydrogens (tertiary/aromatic N) is 3. The summed E-state index contributed by atoms with van der Waals surface area (Å²) in [5, 5.41) is 0. The second-order valence-corrected chi connectivity index (χ2v) is 5.85. The monoisotopic (exact) mass is 355 g/mol. The molecule has 3 nitrogen and oxygen atoms in total. The lowest BCUT2D eigenvalue weighted by Crippen LogP contribution is -2.46. The molecule has 0 spiro atoms. The Morgan fingerprint density at radius 3 is 2.70 bits per heavy atom. The van der Waals surface area contributed by atoms with Gasteiger partial charge in [0.05, 0.1) is 11.9 Å². The lowest BCUT2D eigenvalue weighted by atomic mass is 10.1. The summed E-state index contributed by atoms with van der Waals surface area (Å²) in [4.78, 5) is 9.28. The van der Waals surface area contributed by atoms with Crippen LogP contribution in [0.5, 0.6) is 0 Å². The number of aromatic nitrogens is 1. The second kappa shape index (κ2) is 7.47. The first-order chi connectivity index (χ1) is 10.3. The third-order valence-corrected chi connectivity index (χ3v) is 4.59. The van der Waals surface area contributed by atoms with Crippen molar-refractivity contribution in [2.24, 2.45) is 0 Å². The Kier molecular flexibility index (Phi) is 5.84. The highest BCUT2D eigenvalue weighted by atomic mass is 35.5. The Morgan fingerprint density at radius 2 is 1.87 bits per heavy atom. The summed E-state index contributed by atoms with van der Waals surface area (Å²) in [5.74, 6) is -0.192. The summed E-state index contributed by atoms with van der Waals surface area (Å²) in [5.41, 5.74) is 2.59. The Balaban J connectivity index is 0.000000960. The van der Waals surface area contributed by atoms with Crippen LogP contribution in [0.25, 0.3) is 11.1 Å². The van der Waals surface area contributed by atoms with E-state index in [1.165, 1.54) is 19.0 Å². The highest BCUT2D eigenvalue weighted by Gasteiger charge is 2.32. The second-order valence-electron chi connectivity index (χ2n) is 5.85. The van der Waals surface area contributed by atoms with Gasteiger partial charge in [-0.25, -0.2) is 4.39 Å². The van der Waals surface area contributed by atoms with Gasteiger partial charge in [-0.2, -0.15) is 0 Å². The number of hydrogen-bond acceptors (Lipinski definition) is 3. The smallest absolute Gasteiger partial charge is 0.131 e. The van der Waals surface area contributed by atoms with E-state index in [2.05, 4.69) is 20.9 Å². The van der Waals surface area contributed by atoms with Gasteiger partial charge >= 0.3 is 0 Å². The molecular formula is C17H20Cl2FN3. The van der Waals surface area contributed by atoms with Gasteiger partial charge in [0, 0.05) is 49.5 Å². The van der Waals surface area contributed by atoms with E-state index in [-0.39, 0.29) is 30.6 Å². The Hall–Kier alpha value is -1.36. The van der Waals surface area contributed by atoms with Crippen LogP contribution in [0.15, 0.2) is 42.7 Å². The van der Waals surface area contributed by atoms with Crippen molar-refractivity contribution in [1.29, 1.82) is 0 Å². The molecule has 1 aromatic heterocycles. The molecule has 2 atom stereocenters. The van der Waals surface area contributed by atoms with Crippen LogP contribution in [0.1, 0.15) is 6.42 Å². The van der Waals surface area contributed by atoms with Crippen molar-refractivity contribution in [3.63, 3.8) is 0 Å². The van der Waals surface area contributed by atoms with E-state index in [1.807, 2.05) is 18.3 Å². The van der Waals surface area contributed by atoms with Crippen molar-refractivity contribution in [2.75, 3.05) is 31.1 Å². The van der Waals surface area contributed by atoms with Gasteiger partial charge in [-0.05, 0) is 18.6 Å². The number of pyridine rings is 1. The van der Waals surface area contributed by atoms with E-state index in [1.54, 1.807) is 12.3 Å². The van der Waals surface area contributed by atoms with Crippen LogP contribution in [0, 0.1) is 5.82 Å². The zero-order valence-electron chi connectivity index (χ0n) is 12.7. The van der Waals surface area contributed by atoms with Gasteiger partial charge in [0.25, 0.3) is 0 Å². The minimum Gasteiger partial charge on any atom is -0.365 e. The fraction of sp³-hybridized carbons (Fsp3) is 0.353. The number of benzene rings is 1. The molecule has 0 aliphatic carbocycles. The maximum absolute atomic E-state index is 14.0. The zero-order chi connectivity index (χ0) is 14.2. The quantitative estimate of drug-likeness (QED) is 0.819. The molecule has 2 aliphatic rings. The Morgan fingerprint density at radius 1 is 1.04 bits per heavy atom. The van der Waals surface area contributed by atoms with Crippen molar-refractivity contribution < 1.29 is 4.39 Å². The first-order valence-corrected chi connectivity index (χ1v) is 7.50. The molecule has 2 saturated heterocycles. The van der Waals surface area contributed by atoms with Crippen LogP contribution in [-0.4, -0.2) is 42.1 Å². The van der Waals surface area contributed by atoms with Crippen LogP contribution >= 0.6 is 24.8 Å². The van der Waals surface area contributed by atoms with Gasteiger partial charge in [-0.15, -0.1) is 24.8 Å². The minimum atomic E-state index is -0.192. The first-order valence-electron chi connectivity index (χ1n) is 7.50. The molecular weight excluding hydrogens is 336 g/mol. The molecule has 2 fully saturated rings. The highest BCUT2D eigenvalue weighted by Crippen LogP contribution is 2.30. The van der Waals surface area contributed by atoms with Gasteiger partial charge in [0.1, 0.15) is 5.82 Å². The molecule has 0 radical (unpaired) electrons. The molecule has 124 valence electrons. The normalized spacial score (nSPS) is 22.2. The highest BCUT2D eigenvalue weighted by molar-refractivity contribution is 5.85. The van der Waals surface area contributed by atoms with Crippen LogP contribution < -0.4 is 4.90 Å². The first kappa shape index (κ1) is 18.0. The molecule has 0 N–H and O–H groups in total. The maximum atomic E-state index is 14.0. The standard InChI is InChI=1S/C17H18FN3.2ClH/c18-17-4-2-1-3-16(17)13-9-15(11-19-10-13)21-8-7-20-6-5-14(21)12-20;;/h1-4,9-11,14H,5-8,12H2;2*1H. The molecule has 0 saturated carbocycles. The molecule has 1 aromatic carbocycles. The van der Waals surface area contributed by atoms with Crippen molar-refractivity contribution in [2.45, 2.75) is 12.5 Å². The Bertz CT molecular complexity index is 668. The zero-order valence-corrected chi connectivity index (χ0v) is 14.3. The average Bonchev–Trinajstić information content (AvgIpc) is 2.89. The fourth-order valence-electron chi connectivity index (χ4n) is 3.47. The van der Waals surface area contributed by atoms with Gasteiger partial charge in [-0.1, -0.05) is 18.2 Å². The number of hydrogen-bond donors (Lipinski definition) is 0. The summed E-state index contributed by atoms with van der Waals surface area (Å²) in [7, 11) is 0. The number of fused-ring (bicyclic) bond motifs is 2. The number of halogens is 3. The van der Waals surface area contributed by atoms with Crippen LogP contribution in [-0.2, 0) is 0 Å². The van der Waals surface area contributed by atoms with E-state index in [0.29, 0.717) is 11.6 Å². The van der Waals surface area contributed by atoms with E-state index in [0.717, 1.165) is 30.9 Å². The third-order valence-electron chi connectivity index (χ3n) is 4.59. The molecule has 6 heteroatoms. The van der Waals surface area contributed by atoms with E-state index in [9.17, 15) is 4.39 Å². The van der Waals surface area contributed by atoms with Crippen LogP contribution in [0.4, 0.5) is 10.1 Å². The summed E-state index contributed by atoms with van der Waals surface area (Å²) in [6.07, 6.45) is 4.86. The lowest BCUT2D eigenvalue weighted by Gasteiger charge is -2.36. The summed E-state index contributed by atoms with van der Waals surface area (Å²) in [6.45, 7) is 4.49. The summed E-state index contributed by atoms with van der Waals surface area (Å²) >= 11 is 0. The lowest BCUT2D eigenvalue weighted by molar-refractivity contribution is 0.310. The largest absolute Gasteiger partial charge is 0.365 e. The minimum absolute atomic E-state index is 0. The summed E-state index contributed by atoms with van der Waals surface area (Å²) < 4.78 is 14.0. The molecule has 0 amide bonds. The van der Waals surface area contributed by atoms with Gasteiger partial charge < -0.3 is 4.90 Å². The van der Waals surface area contributed by atoms with Gasteiger partial charge in [0.15, 0.2) is 0 Å². The summed E-state index contributed by atoms with van der Waals surface area (Å²) in [6, 6.07) is 9.53. The van der Waals surface area contributed by atoms with E-state index >= 15 is 0 Å². The average molecular weight is 356 g/mol. The molecule has 4 rings (SSSR count). The molecule has 2 aliphatic heterocycles. The molecule has 23 heavy (non-hydrogen) atoms. The predicted octanol–water partition coefficient (Wildman–Crippen LogP) is 3.63. The Labute approximate surface area is 148 Å².